The lowest BCUT2D eigenvalue weighted by molar-refractivity contribution is 0.105. The fourth-order valence-corrected chi connectivity index (χ4v) is 4.14. The maximum absolute atomic E-state index is 12.3. The largest absolute Gasteiger partial charge is 0.290 e. The molecule has 0 saturated heterocycles. The molecule has 0 atom stereocenters. The van der Waals surface area contributed by atoms with E-state index >= 15 is 0 Å². The van der Waals surface area contributed by atoms with E-state index in [9.17, 15) is 4.79 Å². The minimum atomic E-state index is -0.0592. The lowest BCUT2D eigenvalue weighted by Crippen LogP contribution is -1.91. The lowest BCUT2D eigenvalue weighted by atomic mass is 10.1. The molecule has 0 amide bonds. The smallest absolute Gasteiger partial charge is 0.195 e. The van der Waals surface area contributed by atoms with Crippen LogP contribution >= 0.6 is 34.3 Å². The van der Waals surface area contributed by atoms with E-state index in [2.05, 4.69) is 0 Å². The molecule has 3 aromatic heterocycles. The Labute approximate surface area is 151 Å². The van der Waals surface area contributed by atoms with Gasteiger partial charge in [-0.15, -0.1) is 22.7 Å². The highest BCUT2D eigenvalue weighted by Gasteiger charge is 2.13. The summed E-state index contributed by atoms with van der Waals surface area (Å²) >= 11 is 8.75. The van der Waals surface area contributed by atoms with Crippen LogP contribution in [0.1, 0.15) is 15.4 Å². The zero-order chi connectivity index (χ0) is 16.5. The van der Waals surface area contributed by atoms with Gasteiger partial charge in [0.2, 0.25) is 0 Å². The number of fused-ring (bicyclic) bond motifs is 1. The highest BCUT2D eigenvalue weighted by atomic mass is 35.5. The Morgan fingerprint density at radius 1 is 1.17 bits per heavy atom. The summed E-state index contributed by atoms with van der Waals surface area (Å²) in [6, 6.07) is 13.5. The molecule has 0 fully saturated rings. The first-order valence-corrected chi connectivity index (χ1v) is 9.28. The summed E-state index contributed by atoms with van der Waals surface area (Å²) in [4.78, 5) is 18.5. The molecule has 0 aliphatic carbocycles. The maximum atomic E-state index is 12.3. The average Bonchev–Trinajstić information content (AvgIpc) is 3.29. The molecule has 0 spiro atoms. The van der Waals surface area contributed by atoms with Crippen molar-refractivity contribution in [2.45, 2.75) is 0 Å². The summed E-state index contributed by atoms with van der Waals surface area (Å²) < 4.78 is 2.61. The van der Waals surface area contributed by atoms with E-state index in [1.54, 1.807) is 29.5 Å². The van der Waals surface area contributed by atoms with E-state index in [-0.39, 0.29) is 5.78 Å². The zero-order valence-electron chi connectivity index (χ0n) is 12.3. The molecular formula is C18H11ClN2OS2. The number of aromatic nitrogens is 2. The number of ketones is 1. The van der Waals surface area contributed by atoms with Gasteiger partial charge < -0.3 is 0 Å². The number of hydrogen-bond acceptors (Lipinski definition) is 4. The second-order valence-electron chi connectivity index (χ2n) is 5.07. The van der Waals surface area contributed by atoms with E-state index in [1.165, 1.54) is 11.3 Å². The Hall–Kier alpha value is -2.21. The molecule has 0 aliphatic rings. The highest BCUT2D eigenvalue weighted by Crippen LogP contribution is 2.28. The van der Waals surface area contributed by atoms with Crippen molar-refractivity contribution < 1.29 is 4.79 Å². The summed E-state index contributed by atoms with van der Waals surface area (Å²) in [6.07, 6.45) is 5.37. The molecule has 4 rings (SSSR count). The van der Waals surface area contributed by atoms with E-state index < -0.39 is 0 Å². The Bertz CT molecular complexity index is 1040. The van der Waals surface area contributed by atoms with Gasteiger partial charge in [0, 0.05) is 17.1 Å². The number of benzene rings is 1. The molecule has 0 unspecified atom stereocenters. The molecule has 0 N–H and O–H groups in total. The van der Waals surface area contributed by atoms with Crippen molar-refractivity contribution in [3.8, 4) is 11.3 Å². The summed E-state index contributed by atoms with van der Waals surface area (Å²) in [7, 11) is 0. The molecule has 118 valence electrons. The number of imidazole rings is 1. The van der Waals surface area contributed by atoms with Crippen LogP contribution in [0.2, 0.25) is 4.34 Å². The minimum absolute atomic E-state index is 0.0592. The van der Waals surface area contributed by atoms with Crippen LogP contribution in [0.3, 0.4) is 0 Å². The van der Waals surface area contributed by atoms with Gasteiger partial charge >= 0.3 is 0 Å². The van der Waals surface area contributed by atoms with Crippen molar-refractivity contribution in [2.75, 3.05) is 0 Å². The van der Waals surface area contributed by atoms with Gasteiger partial charge in [0.15, 0.2) is 10.7 Å². The predicted molar refractivity (Wildman–Crippen MR) is 101 cm³/mol. The van der Waals surface area contributed by atoms with Crippen molar-refractivity contribution in [1.82, 2.24) is 9.38 Å². The van der Waals surface area contributed by atoms with Crippen LogP contribution in [-0.4, -0.2) is 15.2 Å². The standard InChI is InChI=1S/C18H11ClN2OS2/c19-16-9-8-15(24-16)14(22)7-6-13-17(12-4-2-1-3-5-12)20-18-21(13)10-11-23-18/h1-11H/b7-6+. The fourth-order valence-electron chi connectivity index (χ4n) is 2.45. The molecule has 4 aromatic rings. The van der Waals surface area contributed by atoms with Crippen molar-refractivity contribution in [1.29, 1.82) is 0 Å². The first-order chi connectivity index (χ1) is 11.7. The van der Waals surface area contributed by atoms with Gasteiger partial charge in [0.25, 0.3) is 0 Å². The number of hydrogen-bond donors (Lipinski definition) is 0. The third kappa shape index (κ3) is 2.82. The molecule has 3 heterocycles. The molecule has 6 heteroatoms. The highest BCUT2D eigenvalue weighted by molar-refractivity contribution is 7.18. The fraction of sp³-hybridized carbons (Fsp3) is 0. The van der Waals surface area contributed by atoms with Crippen LogP contribution in [-0.2, 0) is 0 Å². The predicted octanol–water partition coefficient (Wildman–Crippen LogP) is 5.67. The molecular weight excluding hydrogens is 360 g/mol. The second-order valence-corrected chi connectivity index (χ2v) is 7.66. The molecule has 24 heavy (non-hydrogen) atoms. The Kier molecular flexibility index (Phi) is 4.06. The van der Waals surface area contributed by atoms with Gasteiger partial charge in [-0.3, -0.25) is 9.20 Å². The van der Waals surface area contributed by atoms with Gasteiger partial charge in [-0.2, -0.15) is 0 Å². The number of halogens is 1. The summed E-state index contributed by atoms with van der Waals surface area (Å²) in [5.74, 6) is -0.0592. The van der Waals surface area contributed by atoms with Gasteiger partial charge in [0.05, 0.1) is 20.6 Å². The minimum Gasteiger partial charge on any atom is -0.290 e. The molecule has 0 saturated carbocycles. The maximum Gasteiger partial charge on any atom is 0.195 e. The van der Waals surface area contributed by atoms with Gasteiger partial charge in [-0.25, -0.2) is 4.98 Å². The first-order valence-electron chi connectivity index (χ1n) is 7.21. The summed E-state index contributed by atoms with van der Waals surface area (Å²) in [5, 5.41) is 1.98. The number of allylic oxidation sites excluding steroid dienone is 1. The zero-order valence-corrected chi connectivity index (χ0v) is 14.7. The molecule has 0 radical (unpaired) electrons. The molecule has 0 bridgehead atoms. The number of thiazole rings is 1. The first kappa shape index (κ1) is 15.3. The third-order valence-electron chi connectivity index (χ3n) is 3.55. The van der Waals surface area contributed by atoms with Crippen molar-refractivity contribution >= 4 is 51.1 Å². The number of carbonyl (C=O) groups is 1. The van der Waals surface area contributed by atoms with E-state index in [0.717, 1.165) is 21.9 Å². The summed E-state index contributed by atoms with van der Waals surface area (Å²) in [6.45, 7) is 0. The van der Waals surface area contributed by atoms with Crippen LogP contribution in [0.5, 0.6) is 0 Å². The van der Waals surface area contributed by atoms with Crippen LogP contribution in [0.15, 0.2) is 60.1 Å². The Morgan fingerprint density at radius 3 is 2.75 bits per heavy atom. The molecule has 1 aromatic carbocycles. The lowest BCUT2D eigenvalue weighted by Gasteiger charge is -1.99. The number of rotatable bonds is 4. The van der Waals surface area contributed by atoms with Crippen LogP contribution in [0, 0.1) is 0 Å². The van der Waals surface area contributed by atoms with Crippen molar-refractivity contribution in [3.63, 3.8) is 0 Å². The van der Waals surface area contributed by atoms with E-state index in [0.29, 0.717) is 9.21 Å². The Balaban J connectivity index is 1.76. The molecule has 3 nitrogen and oxygen atoms in total. The Morgan fingerprint density at radius 2 is 2.00 bits per heavy atom. The topological polar surface area (TPSA) is 34.4 Å². The average molecular weight is 371 g/mol. The van der Waals surface area contributed by atoms with E-state index in [4.69, 9.17) is 16.6 Å². The van der Waals surface area contributed by atoms with Crippen LogP contribution in [0.4, 0.5) is 0 Å². The quantitative estimate of drug-likeness (QED) is 0.342. The van der Waals surface area contributed by atoms with Gasteiger partial charge in [0.1, 0.15) is 0 Å². The SMILES string of the molecule is O=C(/C=C/c1c(-c2ccccc2)nc2sccn12)c1ccc(Cl)s1. The van der Waals surface area contributed by atoms with E-state index in [1.807, 2.05) is 52.4 Å². The summed E-state index contributed by atoms with van der Waals surface area (Å²) in [5.41, 5.74) is 2.80. The van der Waals surface area contributed by atoms with Crippen molar-refractivity contribution in [3.05, 3.63) is 75.0 Å². The monoisotopic (exact) mass is 370 g/mol. The normalized spacial score (nSPS) is 11.5. The van der Waals surface area contributed by atoms with Gasteiger partial charge in [-0.05, 0) is 24.3 Å². The second kappa shape index (κ2) is 6.36. The third-order valence-corrected chi connectivity index (χ3v) is 5.56. The molecule has 0 aliphatic heterocycles. The number of carbonyl (C=O) groups excluding carboxylic acids is 1. The van der Waals surface area contributed by atoms with Crippen LogP contribution < -0.4 is 0 Å². The van der Waals surface area contributed by atoms with Crippen LogP contribution in [0.25, 0.3) is 22.3 Å². The van der Waals surface area contributed by atoms with Gasteiger partial charge in [-0.1, -0.05) is 41.9 Å². The number of nitrogens with zero attached hydrogens (tertiary/aromatic N) is 2. The number of thiophene rings is 1. The van der Waals surface area contributed by atoms with Crippen molar-refractivity contribution in [2.24, 2.45) is 0 Å².